The van der Waals surface area contributed by atoms with E-state index in [-0.39, 0.29) is 0 Å². The Hall–Kier alpha value is -1.38. The highest BCUT2D eigenvalue weighted by atomic mass is 15.0. The average Bonchev–Trinajstić information content (AvgIpc) is 1.92. The van der Waals surface area contributed by atoms with E-state index in [0.29, 0.717) is 0 Å². The number of hydrogen-bond acceptors (Lipinski definition) is 0. The van der Waals surface area contributed by atoms with E-state index in [1.165, 1.54) is 29.1 Å². The lowest BCUT2D eigenvalue weighted by Crippen LogP contribution is -1.59. The van der Waals surface area contributed by atoms with Crippen molar-refractivity contribution in [3.8, 4) is 0 Å². The van der Waals surface area contributed by atoms with Crippen LogP contribution in [-0.4, -0.2) is 0 Å². The third-order valence-electron chi connectivity index (χ3n) is 0.707. The van der Waals surface area contributed by atoms with Crippen LogP contribution >= 0.6 is 0 Å². The van der Waals surface area contributed by atoms with E-state index in [9.17, 15) is 0 Å². The molecule has 0 unspecified atom stereocenters. The van der Waals surface area contributed by atoms with Gasteiger partial charge < -0.3 is 22.1 Å². The quantitative estimate of drug-likeness (QED) is 0.327. The van der Waals surface area contributed by atoms with Gasteiger partial charge in [-0.1, -0.05) is 33.1 Å². The summed E-state index contributed by atoms with van der Waals surface area (Å²) >= 11 is 0. The molecule has 0 aromatic heterocycles. The van der Waals surface area contributed by atoms with Crippen LogP contribution in [-0.2, 0) is 0 Å². The Morgan fingerprint density at radius 1 is 0.818 bits per heavy atom. The van der Waals surface area contributed by atoms with Crippen molar-refractivity contribution in [3.63, 3.8) is 0 Å². The molecule has 0 atom stereocenters. The first-order valence-corrected chi connectivity index (χ1v) is 3.21. The fraction of sp³-hybridized carbons (Fsp3) is 1.00. The molecule has 0 saturated heterocycles. The first-order chi connectivity index (χ1) is 5.24. The van der Waals surface area contributed by atoms with E-state index in [1.54, 1.807) is 0 Å². The first kappa shape index (κ1) is 16.3. The molecular formula is C5H12N6-2. The van der Waals surface area contributed by atoms with Gasteiger partial charge in [-0.2, -0.15) is 0 Å². The molecule has 0 fully saturated rings. The molecule has 64 valence electrons. The van der Waals surface area contributed by atoms with E-state index in [4.69, 9.17) is 22.1 Å². The number of hydrogen-bond donors (Lipinski definition) is 0. The minimum absolute atomic E-state index is 1.34. The van der Waals surface area contributed by atoms with Crippen molar-refractivity contribution in [1.82, 2.24) is 0 Å². The lowest BCUT2D eigenvalue weighted by atomic mass is 10.3. The van der Waals surface area contributed by atoms with Crippen molar-refractivity contribution < 1.29 is 0 Å². The van der Waals surface area contributed by atoms with Gasteiger partial charge in [-0.25, -0.2) is 0 Å². The average molecular weight is 156 g/mol. The van der Waals surface area contributed by atoms with E-state index in [1.807, 2.05) is 0 Å². The third kappa shape index (κ3) is 983. The summed E-state index contributed by atoms with van der Waals surface area (Å²) in [6.45, 7) is 4.42. The fourth-order valence-corrected chi connectivity index (χ4v) is 0.354. The highest BCUT2D eigenvalue weighted by molar-refractivity contribution is 4.36. The second-order valence-electron chi connectivity index (χ2n) is 1.53. The minimum Gasteiger partial charge on any atom is -0.373 e. The smallest absolute Gasteiger partial charge is 0.0538 e. The van der Waals surface area contributed by atoms with Gasteiger partial charge in [-0.15, -0.1) is 0 Å². The lowest BCUT2D eigenvalue weighted by molar-refractivity contribution is 0.772. The van der Waals surface area contributed by atoms with Crippen molar-refractivity contribution in [2.75, 3.05) is 0 Å². The Morgan fingerprint density at radius 2 is 1.00 bits per heavy atom. The zero-order chi connectivity index (χ0) is 9.54. The second kappa shape index (κ2) is 38.2. The zero-order valence-electron chi connectivity index (χ0n) is 6.80. The van der Waals surface area contributed by atoms with E-state index in [0.717, 1.165) is 0 Å². The normalized spacial score (nSPS) is 5.27. The SMILES string of the molecule is CCCCC.[N-]=[N+]=[N-].[N-]=[N+]=[N-]. The summed E-state index contributed by atoms with van der Waals surface area (Å²) in [5.74, 6) is 0. The van der Waals surface area contributed by atoms with Gasteiger partial charge in [0, 0.05) is 0 Å². The van der Waals surface area contributed by atoms with Gasteiger partial charge in [0.25, 0.3) is 0 Å². The molecule has 0 N–H and O–H groups in total. The molecule has 0 aliphatic carbocycles. The van der Waals surface area contributed by atoms with Crippen molar-refractivity contribution in [1.29, 1.82) is 0 Å². The van der Waals surface area contributed by atoms with Crippen LogP contribution in [0.4, 0.5) is 0 Å². The van der Waals surface area contributed by atoms with Crippen LogP contribution in [0, 0.1) is 0 Å². The summed E-state index contributed by atoms with van der Waals surface area (Å²) in [7, 11) is 0. The number of nitrogens with zero attached hydrogens (tertiary/aromatic N) is 6. The topological polar surface area (TPSA) is 117 Å². The Bertz CT molecular complexity index is 94.1. The van der Waals surface area contributed by atoms with Crippen LogP contribution in [0.5, 0.6) is 0 Å². The predicted molar refractivity (Wildman–Crippen MR) is 45.4 cm³/mol. The van der Waals surface area contributed by atoms with Crippen LogP contribution in [0.1, 0.15) is 33.1 Å². The molecule has 0 aliphatic heterocycles. The monoisotopic (exact) mass is 156 g/mol. The van der Waals surface area contributed by atoms with Gasteiger partial charge in [0.1, 0.15) is 0 Å². The summed E-state index contributed by atoms with van der Waals surface area (Å²) in [6.07, 6.45) is 4.08. The molecule has 0 bridgehead atoms. The van der Waals surface area contributed by atoms with Gasteiger partial charge in [-0.3, -0.25) is 9.82 Å². The molecular weight excluding hydrogens is 144 g/mol. The standard InChI is InChI=1S/C5H12.2N3/c1-3-5-4-2;2*1-3-2/h3-5H2,1-2H3;;/q;2*-1. The molecule has 0 aliphatic rings. The third-order valence-corrected chi connectivity index (χ3v) is 0.707. The highest BCUT2D eigenvalue weighted by Gasteiger charge is 1.68. The van der Waals surface area contributed by atoms with E-state index < -0.39 is 0 Å². The number of unbranched alkanes of at least 4 members (excludes halogenated alkanes) is 2. The Labute approximate surface area is 66.1 Å². The molecule has 0 amide bonds. The van der Waals surface area contributed by atoms with Gasteiger partial charge in [0.15, 0.2) is 0 Å². The van der Waals surface area contributed by atoms with Crippen LogP contribution in [0.3, 0.4) is 0 Å². The largest absolute Gasteiger partial charge is 0.373 e. The van der Waals surface area contributed by atoms with Gasteiger partial charge >= 0.3 is 0 Å². The van der Waals surface area contributed by atoms with Gasteiger partial charge in [0.05, 0.1) is 0 Å². The molecule has 0 rings (SSSR count). The van der Waals surface area contributed by atoms with Gasteiger partial charge in [-0.05, 0) is 0 Å². The van der Waals surface area contributed by atoms with Gasteiger partial charge in [0.2, 0.25) is 0 Å². The Morgan fingerprint density at radius 3 is 1.00 bits per heavy atom. The summed E-state index contributed by atoms with van der Waals surface area (Å²) in [4.78, 5) is 3.00. The maximum atomic E-state index is 6.75. The van der Waals surface area contributed by atoms with Crippen molar-refractivity contribution in [2.24, 2.45) is 0 Å². The molecule has 0 spiro atoms. The van der Waals surface area contributed by atoms with Crippen LogP contribution in [0.25, 0.3) is 31.9 Å². The molecule has 0 radical (unpaired) electrons. The summed E-state index contributed by atoms with van der Waals surface area (Å²) in [5, 5.41) is 0. The molecule has 0 heterocycles. The highest BCUT2D eigenvalue weighted by Crippen LogP contribution is 1.88. The fourth-order valence-electron chi connectivity index (χ4n) is 0.354. The van der Waals surface area contributed by atoms with E-state index >= 15 is 0 Å². The molecule has 0 aromatic rings. The zero-order valence-corrected chi connectivity index (χ0v) is 6.80. The molecule has 11 heavy (non-hydrogen) atoms. The Kier molecular flexibility index (Phi) is 56.6. The molecule has 6 nitrogen and oxygen atoms in total. The first-order valence-electron chi connectivity index (χ1n) is 3.21. The molecule has 6 heteroatoms. The second-order valence-corrected chi connectivity index (χ2v) is 1.53. The molecule has 0 saturated carbocycles. The summed E-state index contributed by atoms with van der Waals surface area (Å²) in [6, 6.07) is 0. The number of rotatable bonds is 2. The Balaban J connectivity index is -0.0000000933. The van der Waals surface area contributed by atoms with Crippen LogP contribution < -0.4 is 0 Å². The maximum Gasteiger partial charge on any atom is -0.0538 e. The summed E-state index contributed by atoms with van der Waals surface area (Å²) < 4.78 is 0. The van der Waals surface area contributed by atoms with E-state index in [2.05, 4.69) is 13.8 Å². The predicted octanol–water partition coefficient (Wildman–Crippen LogP) is 3.93. The maximum absolute atomic E-state index is 6.75. The summed E-state index contributed by atoms with van der Waals surface area (Å²) in [5.41, 5.74) is 27.0. The van der Waals surface area contributed by atoms with Crippen molar-refractivity contribution >= 4 is 0 Å². The van der Waals surface area contributed by atoms with Crippen LogP contribution in [0.2, 0.25) is 0 Å². The molecule has 0 aromatic carbocycles. The van der Waals surface area contributed by atoms with Crippen molar-refractivity contribution in [3.05, 3.63) is 31.9 Å². The minimum atomic E-state index is 1.34. The van der Waals surface area contributed by atoms with Crippen LogP contribution in [0.15, 0.2) is 0 Å². The lowest BCUT2D eigenvalue weighted by Gasteiger charge is -1.79. The van der Waals surface area contributed by atoms with Crippen molar-refractivity contribution in [2.45, 2.75) is 33.1 Å².